The molecule has 0 bridgehead atoms. The molecule has 6 nitrogen and oxygen atoms in total. The van der Waals surface area contributed by atoms with Crippen molar-refractivity contribution in [2.24, 2.45) is 0 Å². The molecule has 1 saturated heterocycles. The highest BCUT2D eigenvalue weighted by Crippen LogP contribution is 2.35. The maximum atomic E-state index is 12.2. The molecular weight excluding hydrogens is 260 g/mol. The molecule has 2 heterocycles. The van der Waals surface area contributed by atoms with E-state index in [1.807, 2.05) is 18.2 Å². The van der Waals surface area contributed by atoms with Crippen LogP contribution in [-0.4, -0.2) is 51.0 Å². The Morgan fingerprint density at radius 3 is 2.80 bits per heavy atom. The van der Waals surface area contributed by atoms with Gasteiger partial charge in [-0.1, -0.05) is 6.07 Å². The van der Waals surface area contributed by atoms with E-state index in [1.165, 1.54) is 7.11 Å². The third-order valence-corrected chi connectivity index (χ3v) is 3.65. The Morgan fingerprint density at radius 2 is 2.05 bits per heavy atom. The van der Waals surface area contributed by atoms with Gasteiger partial charge in [-0.05, 0) is 17.7 Å². The normalized spacial score (nSPS) is 19.6. The van der Waals surface area contributed by atoms with Gasteiger partial charge in [-0.3, -0.25) is 4.90 Å². The van der Waals surface area contributed by atoms with E-state index in [4.69, 9.17) is 14.2 Å². The molecule has 0 spiro atoms. The Morgan fingerprint density at radius 1 is 1.30 bits per heavy atom. The van der Waals surface area contributed by atoms with Crippen LogP contribution in [0.25, 0.3) is 0 Å². The third-order valence-electron chi connectivity index (χ3n) is 3.65. The minimum Gasteiger partial charge on any atom is -0.468 e. The standard InChI is InChI=1S/C14H18N2O4/c1-18-14(17)13(16-6-4-15-5-7-16)10-2-3-11-12(8-10)20-9-19-11/h2-3,8,13,15H,4-7,9H2,1H3. The molecule has 6 heteroatoms. The van der Waals surface area contributed by atoms with Crippen molar-refractivity contribution >= 4 is 5.97 Å². The Balaban J connectivity index is 1.90. The van der Waals surface area contributed by atoms with Gasteiger partial charge < -0.3 is 19.5 Å². The number of nitrogens with one attached hydrogen (secondary N) is 1. The van der Waals surface area contributed by atoms with Crippen molar-refractivity contribution in [1.29, 1.82) is 0 Å². The van der Waals surface area contributed by atoms with Crippen LogP contribution in [0.15, 0.2) is 18.2 Å². The number of benzene rings is 1. The number of esters is 1. The number of ether oxygens (including phenoxy) is 3. The molecule has 1 N–H and O–H groups in total. The van der Waals surface area contributed by atoms with Crippen LogP contribution in [-0.2, 0) is 9.53 Å². The number of methoxy groups -OCH3 is 1. The molecule has 1 unspecified atom stereocenters. The Hall–Kier alpha value is -1.79. The average molecular weight is 278 g/mol. The molecule has 20 heavy (non-hydrogen) atoms. The van der Waals surface area contributed by atoms with Gasteiger partial charge in [0.25, 0.3) is 0 Å². The van der Waals surface area contributed by atoms with Crippen LogP contribution in [0.5, 0.6) is 11.5 Å². The summed E-state index contributed by atoms with van der Waals surface area (Å²) in [5.41, 5.74) is 0.878. The van der Waals surface area contributed by atoms with Crippen LogP contribution in [0.1, 0.15) is 11.6 Å². The van der Waals surface area contributed by atoms with Crippen molar-refractivity contribution in [1.82, 2.24) is 10.2 Å². The van der Waals surface area contributed by atoms with Crippen LogP contribution in [0, 0.1) is 0 Å². The van der Waals surface area contributed by atoms with E-state index < -0.39 is 6.04 Å². The fraction of sp³-hybridized carbons (Fsp3) is 0.500. The molecule has 108 valence electrons. The summed E-state index contributed by atoms with van der Waals surface area (Å²) < 4.78 is 15.7. The third kappa shape index (κ3) is 2.44. The topological polar surface area (TPSA) is 60.0 Å². The number of hydrogen-bond donors (Lipinski definition) is 1. The van der Waals surface area contributed by atoms with Crippen molar-refractivity contribution in [3.63, 3.8) is 0 Å². The zero-order valence-corrected chi connectivity index (χ0v) is 11.4. The highest BCUT2D eigenvalue weighted by Gasteiger charge is 2.30. The molecule has 0 amide bonds. The van der Waals surface area contributed by atoms with Crippen LogP contribution >= 0.6 is 0 Å². The fourth-order valence-electron chi connectivity index (χ4n) is 2.63. The molecule has 2 aliphatic heterocycles. The highest BCUT2D eigenvalue weighted by molar-refractivity contribution is 5.78. The zero-order chi connectivity index (χ0) is 13.9. The van der Waals surface area contributed by atoms with Crippen LogP contribution in [0.3, 0.4) is 0 Å². The van der Waals surface area contributed by atoms with E-state index in [0.717, 1.165) is 37.5 Å². The van der Waals surface area contributed by atoms with Gasteiger partial charge in [-0.2, -0.15) is 0 Å². The van der Waals surface area contributed by atoms with E-state index in [-0.39, 0.29) is 12.8 Å². The minimum absolute atomic E-state index is 0.231. The van der Waals surface area contributed by atoms with E-state index >= 15 is 0 Å². The second-order valence-corrected chi connectivity index (χ2v) is 4.82. The maximum absolute atomic E-state index is 12.2. The highest BCUT2D eigenvalue weighted by atomic mass is 16.7. The lowest BCUT2D eigenvalue weighted by Gasteiger charge is -2.33. The van der Waals surface area contributed by atoms with Crippen molar-refractivity contribution < 1.29 is 19.0 Å². The van der Waals surface area contributed by atoms with Gasteiger partial charge in [0, 0.05) is 26.2 Å². The van der Waals surface area contributed by atoms with Gasteiger partial charge >= 0.3 is 5.97 Å². The molecule has 1 atom stereocenters. The summed E-state index contributed by atoms with van der Waals surface area (Å²) >= 11 is 0. The van der Waals surface area contributed by atoms with Gasteiger partial charge in [0.05, 0.1) is 7.11 Å². The monoisotopic (exact) mass is 278 g/mol. The lowest BCUT2D eigenvalue weighted by atomic mass is 10.0. The quantitative estimate of drug-likeness (QED) is 0.814. The van der Waals surface area contributed by atoms with Crippen LogP contribution in [0.4, 0.5) is 0 Å². The van der Waals surface area contributed by atoms with E-state index in [0.29, 0.717) is 5.75 Å². The van der Waals surface area contributed by atoms with Crippen molar-refractivity contribution in [3.8, 4) is 11.5 Å². The predicted octanol–water partition coefficient (Wildman–Crippen LogP) is 0.535. The zero-order valence-electron chi connectivity index (χ0n) is 11.4. The van der Waals surface area contributed by atoms with Crippen molar-refractivity contribution in [2.45, 2.75) is 6.04 Å². The molecular formula is C14H18N2O4. The summed E-state index contributed by atoms with van der Waals surface area (Å²) in [6.45, 7) is 3.60. The van der Waals surface area contributed by atoms with Crippen molar-refractivity contribution in [3.05, 3.63) is 23.8 Å². The molecule has 1 aromatic carbocycles. The summed E-state index contributed by atoms with van der Waals surface area (Å²) in [4.78, 5) is 14.3. The largest absolute Gasteiger partial charge is 0.468 e. The van der Waals surface area contributed by atoms with Gasteiger partial charge in [0.2, 0.25) is 6.79 Å². The Bertz CT molecular complexity index is 500. The van der Waals surface area contributed by atoms with Gasteiger partial charge in [0.15, 0.2) is 11.5 Å². The Kier molecular flexibility index (Phi) is 3.75. The number of nitrogens with zero attached hydrogens (tertiary/aromatic N) is 1. The second-order valence-electron chi connectivity index (χ2n) is 4.82. The first-order chi connectivity index (χ1) is 9.79. The number of fused-ring (bicyclic) bond motifs is 1. The lowest BCUT2D eigenvalue weighted by molar-refractivity contribution is -0.147. The number of hydrogen-bond acceptors (Lipinski definition) is 6. The van der Waals surface area contributed by atoms with Gasteiger partial charge in [-0.15, -0.1) is 0 Å². The lowest BCUT2D eigenvalue weighted by Crippen LogP contribution is -2.47. The molecule has 0 saturated carbocycles. The number of rotatable bonds is 3. The second kappa shape index (κ2) is 5.68. The fourth-order valence-corrected chi connectivity index (χ4v) is 2.63. The van der Waals surface area contributed by atoms with E-state index in [2.05, 4.69) is 10.2 Å². The molecule has 0 radical (unpaired) electrons. The Labute approximate surface area is 117 Å². The minimum atomic E-state index is -0.392. The molecule has 2 aliphatic rings. The van der Waals surface area contributed by atoms with Gasteiger partial charge in [-0.25, -0.2) is 4.79 Å². The SMILES string of the molecule is COC(=O)C(c1ccc2c(c1)OCO2)N1CCNCC1. The molecule has 1 aromatic rings. The smallest absolute Gasteiger partial charge is 0.327 e. The summed E-state index contributed by atoms with van der Waals surface area (Å²) in [6, 6.07) is 5.22. The van der Waals surface area contributed by atoms with Crippen LogP contribution in [0.2, 0.25) is 0 Å². The maximum Gasteiger partial charge on any atom is 0.327 e. The van der Waals surface area contributed by atoms with Gasteiger partial charge in [0.1, 0.15) is 6.04 Å². The summed E-state index contributed by atoms with van der Waals surface area (Å²) in [5, 5.41) is 3.28. The first-order valence-electron chi connectivity index (χ1n) is 6.72. The first-order valence-corrected chi connectivity index (χ1v) is 6.72. The number of carbonyl (C=O) groups excluding carboxylic acids is 1. The first kappa shape index (κ1) is 13.2. The van der Waals surface area contributed by atoms with Crippen molar-refractivity contribution in [2.75, 3.05) is 40.1 Å². The molecule has 3 rings (SSSR count). The predicted molar refractivity (Wildman–Crippen MR) is 71.8 cm³/mol. The molecule has 0 aliphatic carbocycles. The van der Waals surface area contributed by atoms with Crippen LogP contribution < -0.4 is 14.8 Å². The summed E-state index contributed by atoms with van der Waals surface area (Å²) in [7, 11) is 1.42. The number of carbonyl (C=O) groups is 1. The summed E-state index contributed by atoms with van der Waals surface area (Å²) in [6.07, 6.45) is 0. The van der Waals surface area contributed by atoms with E-state index in [9.17, 15) is 4.79 Å². The average Bonchev–Trinajstić information content (AvgIpc) is 2.96. The molecule has 1 fully saturated rings. The molecule has 0 aromatic heterocycles. The van der Waals surface area contributed by atoms with E-state index in [1.54, 1.807) is 0 Å². The summed E-state index contributed by atoms with van der Waals surface area (Å²) in [5.74, 6) is 1.16. The number of piperazine rings is 1.